The Balaban J connectivity index is 5.56. The summed E-state index contributed by atoms with van der Waals surface area (Å²) in [6, 6.07) is 0. The minimum atomic E-state index is -1.24. The molecule has 0 aliphatic carbocycles. The van der Waals surface area contributed by atoms with Crippen LogP contribution >= 0.6 is 0 Å². The van der Waals surface area contributed by atoms with Gasteiger partial charge in [0.1, 0.15) is 0 Å². The van der Waals surface area contributed by atoms with Gasteiger partial charge < -0.3 is 20.4 Å². The van der Waals surface area contributed by atoms with Crippen molar-refractivity contribution in [2.24, 2.45) is 5.41 Å². The molecule has 0 bridgehead atoms. The normalized spacial score (nSPS) is 15.8. The van der Waals surface area contributed by atoms with Crippen molar-refractivity contribution in [3.05, 3.63) is 0 Å². The van der Waals surface area contributed by atoms with Gasteiger partial charge in [-0.15, -0.1) is 0 Å². The van der Waals surface area contributed by atoms with E-state index in [-0.39, 0.29) is 6.61 Å². The molecule has 0 fully saturated rings. The van der Waals surface area contributed by atoms with Crippen LogP contribution in [0.5, 0.6) is 0 Å². The fourth-order valence-corrected chi connectivity index (χ4v) is 3.22. The van der Waals surface area contributed by atoms with Gasteiger partial charge in [-0.1, -0.05) is 13.3 Å². The van der Waals surface area contributed by atoms with Crippen LogP contribution in [-0.4, -0.2) is 44.3 Å². The lowest BCUT2D eigenvalue weighted by atomic mass is 9.57. The molecule has 0 amide bonds. The zero-order chi connectivity index (χ0) is 14.6. The molecule has 0 heterocycles. The number of hydrogen-bond acceptors (Lipinski definition) is 4. The predicted molar refractivity (Wildman–Crippen MR) is 72.3 cm³/mol. The van der Waals surface area contributed by atoms with Crippen LogP contribution < -0.4 is 0 Å². The molecule has 0 saturated carbocycles. The lowest BCUT2D eigenvalue weighted by molar-refractivity contribution is -0.222. The van der Waals surface area contributed by atoms with E-state index < -0.39 is 22.7 Å². The van der Waals surface area contributed by atoms with E-state index in [0.717, 1.165) is 6.42 Å². The molecule has 0 aliphatic rings. The highest BCUT2D eigenvalue weighted by Crippen LogP contribution is 2.49. The van der Waals surface area contributed by atoms with Crippen LogP contribution in [0.15, 0.2) is 0 Å². The number of hydrogen-bond donors (Lipinski definition) is 4. The van der Waals surface area contributed by atoms with Gasteiger partial charge in [0.2, 0.25) is 0 Å². The van der Waals surface area contributed by atoms with Crippen LogP contribution in [0.4, 0.5) is 0 Å². The van der Waals surface area contributed by atoms with Crippen molar-refractivity contribution in [2.75, 3.05) is 6.61 Å². The van der Waals surface area contributed by atoms with E-state index >= 15 is 0 Å². The molecule has 0 saturated heterocycles. The Labute approximate surface area is 111 Å². The maximum atomic E-state index is 10.5. The molecular formula is C14H30O4. The van der Waals surface area contributed by atoms with E-state index in [1.165, 1.54) is 0 Å². The SMILES string of the molecule is CCCC(O)C(CCCO)(C(C)(C)O)C(C)(C)O. The minimum absolute atomic E-state index is 0.0211. The highest BCUT2D eigenvalue weighted by atomic mass is 16.3. The first-order valence-corrected chi connectivity index (χ1v) is 6.78. The molecule has 18 heavy (non-hydrogen) atoms. The van der Waals surface area contributed by atoms with Gasteiger partial charge in [-0.05, 0) is 47.0 Å². The molecule has 4 heteroatoms. The van der Waals surface area contributed by atoms with Gasteiger partial charge in [0, 0.05) is 6.61 Å². The van der Waals surface area contributed by atoms with Gasteiger partial charge in [-0.25, -0.2) is 0 Å². The largest absolute Gasteiger partial charge is 0.396 e. The van der Waals surface area contributed by atoms with Crippen LogP contribution in [-0.2, 0) is 0 Å². The van der Waals surface area contributed by atoms with Gasteiger partial charge in [-0.3, -0.25) is 0 Å². The second kappa shape index (κ2) is 6.33. The third-order valence-electron chi connectivity index (χ3n) is 4.04. The van der Waals surface area contributed by atoms with Crippen LogP contribution in [0.25, 0.3) is 0 Å². The highest BCUT2D eigenvalue weighted by molar-refractivity contribution is 5.07. The highest BCUT2D eigenvalue weighted by Gasteiger charge is 2.57. The summed E-state index contributed by atoms with van der Waals surface area (Å²) in [7, 11) is 0. The maximum absolute atomic E-state index is 10.5. The van der Waals surface area contributed by atoms with Crippen molar-refractivity contribution >= 4 is 0 Å². The molecule has 1 atom stereocenters. The van der Waals surface area contributed by atoms with Crippen molar-refractivity contribution in [2.45, 2.75) is 77.6 Å². The molecule has 0 aromatic heterocycles. The van der Waals surface area contributed by atoms with Gasteiger partial charge in [0.05, 0.1) is 22.7 Å². The van der Waals surface area contributed by atoms with Crippen LogP contribution in [0.2, 0.25) is 0 Å². The van der Waals surface area contributed by atoms with Crippen molar-refractivity contribution in [1.29, 1.82) is 0 Å². The van der Waals surface area contributed by atoms with Crippen molar-refractivity contribution < 1.29 is 20.4 Å². The Hall–Kier alpha value is -0.160. The van der Waals surface area contributed by atoms with Crippen molar-refractivity contribution in [3.8, 4) is 0 Å². The summed E-state index contributed by atoms with van der Waals surface area (Å²) in [5.41, 5.74) is -3.54. The summed E-state index contributed by atoms with van der Waals surface area (Å²) < 4.78 is 0. The smallest absolute Gasteiger partial charge is 0.0699 e. The van der Waals surface area contributed by atoms with E-state index in [2.05, 4.69) is 0 Å². The first-order chi connectivity index (χ1) is 8.04. The number of aliphatic hydroxyl groups excluding tert-OH is 2. The Bertz CT molecular complexity index is 223. The summed E-state index contributed by atoms with van der Waals surface area (Å²) in [6.07, 6.45) is 1.29. The summed E-state index contributed by atoms with van der Waals surface area (Å²) in [5, 5.41) is 40.5. The first kappa shape index (κ1) is 17.8. The van der Waals surface area contributed by atoms with E-state index in [1.54, 1.807) is 27.7 Å². The third-order valence-corrected chi connectivity index (χ3v) is 4.04. The Morgan fingerprint density at radius 2 is 1.44 bits per heavy atom. The second-order valence-electron chi connectivity index (χ2n) is 6.22. The molecule has 0 radical (unpaired) electrons. The second-order valence-corrected chi connectivity index (χ2v) is 6.22. The number of rotatable bonds is 8. The van der Waals surface area contributed by atoms with Crippen LogP contribution in [0, 0.1) is 5.41 Å². The Kier molecular flexibility index (Phi) is 6.27. The summed E-state index contributed by atoms with van der Waals surface area (Å²) in [5.74, 6) is 0. The molecule has 1 unspecified atom stereocenters. The standard InChI is InChI=1S/C14H30O4/c1-6-8-11(16)14(9-7-10-15,12(2,3)17)13(4,5)18/h11,15-18H,6-10H2,1-5H3. The zero-order valence-corrected chi connectivity index (χ0v) is 12.4. The van der Waals surface area contributed by atoms with E-state index in [4.69, 9.17) is 5.11 Å². The molecule has 0 spiro atoms. The van der Waals surface area contributed by atoms with Crippen LogP contribution in [0.3, 0.4) is 0 Å². The monoisotopic (exact) mass is 262 g/mol. The van der Waals surface area contributed by atoms with E-state index in [9.17, 15) is 15.3 Å². The fourth-order valence-electron chi connectivity index (χ4n) is 3.22. The topological polar surface area (TPSA) is 80.9 Å². The van der Waals surface area contributed by atoms with Gasteiger partial charge in [0.25, 0.3) is 0 Å². The zero-order valence-electron chi connectivity index (χ0n) is 12.4. The van der Waals surface area contributed by atoms with Crippen molar-refractivity contribution in [1.82, 2.24) is 0 Å². The minimum Gasteiger partial charge on any atom is -0.396 e. The predicted octanol–water partition coefficient (Wildman–Crippen LogP) is 1.45. The molecule has 4 N–H and O–H groups in total. The molecule has 0 aromatic carbocycles. The van der Waals surface area contributed by atoms with Gasteiger partial charge >= 0.3 is 0 Å². The Morgan fingerprint density at radius 3 is 1.72 bits per heavy atom. The number of aliphatic hydroxyl groups is 4. The average molecular weight is 262 g/mol. The van der Waals surface area contributed by atoms with E-state index in [0.29, 0.717) is 19.3 Å². The molecule has 0 rings (SSSR count). The maximum Gasteiger partial charge on any atom is 0.0699 e. The van der Waals surface area contributed by atoms with Crippen LogP contribution in [0.1, 0.15) is 60.3 Å². The molecule has 0 aliphatic heterocycles. The summed E-state index contributed by atoms with van der Waals surface area (Å²) in [4.78, 5) is 0. The lowest BCUT2D eigenvalue weighted by Gasteiger charge is -2.54. The van der Waals surface area contributed by atoms with Gasteiger partial charge in [-0.2, -0.15) is 0 Å². The van der Waals surface area contributed by atoms with Crippen molar-refractivity contribution in [3.63, 3.8) is 0 Å². The third kappa shape index (κ3) is 3.44. The molecular weight excluding hydrogens is 232 g/mol. The quantitative estimate of drug-likeness (QED) is 0.534. The first-order valence-electron chi connectivity index (χ1n) is 6.78. The average Bonchev–Trinajstić information content (AvgIpc) is 2.14. The lowest BCUT2D eigenvalue weighted by Crippen LogP contribution is -2.63. The Morgan fingerprint density at radius 1 is 1.00 bits per heavy atom. The van der Waals surface area contributed by atoms with Gasteiger partial charge in [0.15, 0.2) is 0 Å². The summed E-state index contributed by atoms with van der Waals surface area (Å²) >= 11 is 0. The summed E-state index contributed by atoms with van der Waals surface area (Å²) in [6.45, 7) is 8.38. The fraction of sp³-hybridized carbons (Fsp3) is 1.00. The molecule has 0 aromatic rings. The molecule has 110 valence electrons. The van der Waals surface area contributed by atoms with E-state index in [1.807, 2.05) is 6.92 Å². The molecule has 4 nitrogen and oxygen atoms in total.